The molecule has 0 radical (unpaired) electrons. The highest BCUT2D eigenvalue weighted by Crippen LogP contribution is 2.57. The van der Waals surface area contributed by atoms with Gasteiger partial charge in [-0.05, 0) is 67.7 Å². The molecule has 2 aromatic rings. The number of alkyl halides is 2. The molecule has 4 aliphatic carbocycles. The SMILES string of the molecule is O=C(OC12CC3CC(CC(C3)C1)C2)C(F)(F)S(=O)(=O)On1c(O)c2ccccc2cc1=O. The molecule has 1 N–H and O–H groups in total. The largest absolute Gasteiger partial charge is 0.492 e. The summed E-state index contributed by atoms with van der Waals surface area (Å²) in [7, 11) is -6.01. The third-order valence-corrected chi connectivity index (χ3v) is 8.03. The van der Waals surface area contributed by atoms with Gasteiger partial charge in [0.1, 0.15) is 5.60 Å². The highest BCUT2D eigenvalue weighted by molar-refractivity contribution is 7.88. The third-order valence-electron chi connectivity index (χ3n) is 6.89. The first-order valence-corrected chi connectivity index (χ1v) is 11.8. The topological polar surface area (TPSA) is 112 Å². The Labute approximate surface area is 181 Å². The van der Waals surface area contributed by atoms with E-state index in [0.29, 0.717) is 19.3 Å². The lowest BCUT2D eigenvalue weighted by atomic mass is 9.54. The summed E-state index contributed by atoms with van der Waals surface area (Å²) in [4.78, 5) is 24.6. The minimum atomic E-state index is -6.01. The van der Waals surface area contributed by atoms with Crippen molar-refractivity contribution in [1.29, 1.82) is 0 Å². The first-order valence-electron chi connectivity index (χ1n) is 10.4. The smallest absolute Gasteiger partial charge is 0.478 e. The first kappa shape index (κ1) is 21.2. The molecule has 0 atom stereocenters. The Morgan fingerprint density at radius 1 is 1.09 bits per heavy atom. The first-order chi connectivity index (χ1) is 15.0. The van der Waals surface area contributed by atoms with E-state index in [1.165, 1.54) is 18.2 Å². The van der Waals surface area contributed by atoms with Gasteiger partial charge in [0.05, 0.1) is 0 Å². The lowest BCUT2D eigenvalue weighted by Gasteiger charge is -2.55. The van der Waals surface area contributed by atoms with Gasteiger partial charge >= 0.3 is 21.3 Å². The maximum atomic E-state index is 14.8. The van der Waals surface area contributed by atoms with E-state index in [0.717, 1.165) is 25.3 Å². The number of hydrogen-bond donors (Lipinski definition) is 1. The van der Waals surface area contributed by atoms with Crippen molar-refractivity contribution in [1.82, 2.24) is 4.73 Å². The highest BCUT2D eigenvalue weighted by Gasteiger charge is 2.61. The molecule has 6 rings (SSSR count). The molecule has 0 spiro atoms. The van der Waals surface area contributed by atoms with Crippen LogP contribution in [-0.4, -0.2) is 35.1 Å². The highest BCUT2D eigenvalue weighted by atomic mass is 32.2. The van der Waals surface area contributed by atoms with Gasteiger partial charge in [-0.3, -0.25) is 9.08 Å². The van der Waals surface area contributed by atoms with E-state index in [2.05, 4.69) is 4.28 Å². The number of rotatable bonds is 5. The summed E-state index contributed by atoms with van der Waals surface area (Å²) < 4.78 is 63.5. The van der Waals surface area contributed by atoms with Crippen LogP contribution in [0.2, 0.25) is 0 Å². The van der Waals surface area contributed by atoms with E-state index in [1.54, 1.807) is 6.07 Å². The average Bonchev–Trinajstić information content (AvgIpc) is 2.69. The minimum absolute atomic E-state index is 0.00163. The second-order valence-corrected chi connectivity index (χ2v) is 10.8. The zero-order valence-corrected chi connectivity index (χ0v) is 17.7. The summed E-state index contributed by atoms with van der Waals surface area (Å²) in [5.41, 5.74) is -2.29. The maximum Gasteiger partial charge on any atom is 0.478 e. The van der Waals surface area contributed by atoms with Crippen LogP contribution in [0.3, 0.4) is 0 Å². The van der Waals surface area contributed by atoms with Gasteiger partial charge in [-0.1, -0.05) is 22.9 Å². The molecule has 11 heteroatoms. The summed E-state index contributed by atoms with van der Waals surface area (Å²) in [5.74, 6) is -2.37. The molecule has 1 aromatic carbocycles. The number of carbonyl (C=O) groups is 1. The van der Waals surface area contributed by atoms with Gasteiger partial charge in [-0.25, -0.2) is 4.79 Å². The quantitative estimate of drug-likeness (QED) is 0.670. The number of fused-ring (bicyclic) bond motifs is 1. The van der Waals surface area contributed by atoms with Crippen LogP contribution in [0, 0.1) is 17.8 Å². The van der Waals surface area contributed by atoms with Crippen LogP contribution in [0.15, 0.2) is 35.1 Å². The number of hydrogen-bond acceptors (Lipinski definition) is 7. The summed E-state index contributed by atoms with van der Waals surface area (Å²) >= 11 is 0. The number of aromatic nitrogens is 1. The van der Waals surface area contributed by atoms with Crippen molar-refractivity contribution in [3.05, 3.63) is 40.7 Å². The maximum absolute atomic E-state index is 14.8. The molecular formula is C21H21F2NO7S. The molecule has 4 bridgehead atoms. The van der Waals surface area contributed by atoms with Gasteiger partial charge in [0.2, 0.25) is 5.88 Å². The lowest BCUT2D eigenvalue weighted by molar-refractivity contribution is -0.201. The molecular weight excluding hydrogens is 448 g/mol. The Morgan fingerprint density at radius 2 is 1.66 bits per heavy atom. The summed E-state index contributed by atoms with van der Waals surface area (Å²) in [6.45, 7) is 0. The molecule has 172 valence electrons. The van der Waals surface area contributed by atoms with Crippen LogP contribution in [-0.2, 0) is 19.6 Å². The monoisotopic (exact) mass is 469 g/mol. The third kappa shape index (κ3) is 3.25. The van der Waals surface area contributed by atoms with E-state index >= 15 is 0 Å². The number of aromatic hydroxyl groups is 1. The van der Waals surface area contributed by atoms with Gasteiger partial charge < -0.3 is 9.84 Å². The van der Waals surface area contributed by atoms with Crippen molar-refractivity contribution >= 4 is 26.9 Å². The second-order valence-electron chi connectivity index (χ2n) is 9.22. The van der Waals surface area contributed by atoms with Gasteiger partial charge in [-0.2, -0.15) is 17.2 Å². The molecule has 0 amide bonds. The standard InChI is InChI=1S/C21H21F2NO7S/c22-21(23,19(27)30-20-9-12-5-13(10-20)7-14(6-12)11-20)32(28,29)31-24-17(25)8-15-3-1-2-4-16(15)18(24)26/h1-4,8,12-14,26H,5-7,9-11H2. The van der Waals surface area contributed by atoms with Crippen LogP contribution >= 0.6 is 0 Å². The van der Waals surface area contributed by atoms with Crippen molar-refractivity contribution < 1.29 is 36.1 Å². The van der Waals surface area contributed by atoms with Crippen molar-refractivity contribution in [2.45, 2.75) is 49.4 Å². The Kier molecular flexibility index (Phi) is 4.57. The normalized spacial score (nSPS) is 29.2. The fraction of sp³-hybridized carbons (Fsp3) is 0.524. The Bertz CT molecular complexity index is 1240. The summed E-state index contributed by atoms with van der Waals surface area (Å²) in [6, 6.07) is 6.78. The van der Waals surface area contributed by atoms with E-state index in [9.17, 15) is 31.9 Å². The zero-order valence-electron chi connectivity index (χ0n) is 16.9. The van der Waals surface area contributed by atoms with Crippen molar-refractivity contribution in [2.75, 3.05) is 0 Å². The molecule has 32 heavy (non-hydrogen) atoms. The molecule has 4 saturated carbocycles. The zero-order chi connectivity index (χ0) is 22.9. The van der Waals surface area contributed by atoms with Gasteiger partial charge in [0.25, 0.3) is 5.56 Å². The molecule has 4 fully saturated rings. The van der Waals surface area contributed by atoms with Gasteiger partial charge in [0.15, 0.2) is 0 Å². The minimum Gasteiger partial charge on any atom is -0.492 e. The Balaban J connectivity index is 1.41. The van der Waals surface area contributed by atoms with Crippen LogP contribution in [0.25, 0.3) is 10.8 Å². The van der Waals surface area contributed by atoms with Crippen molar-refractivity contribution in [2.24, 2.45) is 17.8 Å². The van der Waals surface area contributed by atoms with E-state index in [4.69, 9.17) is 4.74 Å². The van der Waals surface area contributed by atoms with Crippen LogP contribution in [0.5, 0.6) is 5.88 Å². The van der Waals surface area contributed by atoms with Crippen molar-refractivity contribution in [3.63, 3.8) is 0 Å². The van der Waals surface area contributed by atoms with Gasteiger partial charge in [-0.15, -0.1) is 0 Å². The molecule has 0 aliphatic heterocycles. The van der Waals surface area contributed by atoms with E-state index in [-0.39, 0.29) is 33.3 Å². The number of halogens is 2. The fourth-order valence-corrected chi connectivity index (χ4v) is 6.64. The molecule has 0 saturated heterocycles. The van der Waals surface area contributed by atoms with Crippen LogP contribution < -0.4 is 9.84 Å². The van der Waals surface area contributed by atoms with Crippen LogP contribution in [0.1, 0.15) is 38.5 Å². The predicted octanol–water partition coefficient (Wildman–Crippen LogP) is 2.57. The number of carbonyl (C=O) groups excluding carboxylic acids is 1. The number of benzene rings is 1. The summed E-state index contributed by atoms with van der Waals surface area (Å²) in [6.07, 6.45) is 4.22. The second kappa shape index (κ2) is 6.90. The lowest BCUT2D eigenvalue weighted by Crippen LogP contribution is -2.55. The molecule has 1 heterocycles. The van der Waals surface area contributed by atoms with Crippen LogP contribution in [0.4, 0.5) is 8.78 Å². The Morgan fingerprint density at radius 3 is 2.25 bits per heavy atom. The Hall–Kier alpha value is -2.69. The van der Waals surface area contributed by atoms with E-state index in [1.807, 2.05) is 0 Å². The average molecular weight is 469 g/mol. The number of nitrogens with zero attached hydrogens (tertiary/aromatic N) is 1. The van der Waals surface area contributed by atoms with Crippen molar-refractivity contribution in [3.8, 4) is 5.88 Å². The molecule has 4 aliphatic rings. The number of esters is 1. The number of pyridine rings is 1. The van der Waals surface area contributed by atoms with Gasteiger partial charge in [0, 0.05) is 11.5 Å². The molecule has 0 unspecified atom stereocenters. The van der Waals surface area contributed by atoms with E-state index < -0.39 is 38.4 Å². The fourth-order valence-electron chi connectivity index (χ4n) is 5.96. The predicted molar refractivity (Wildman–Crippen MR) is 107 cm³/mol. The molecule has 1 aromatic heterocycles. The number of ether oxygens (including phenoxy) is 1. The summed E-state index contributed by atoms with van der Waals surface area (Å²) in [5, 5.41) is 5.40. The molecule has 8 nitrogen and oxygen atoms in total.